The van der Waals surface area contributed by atoms with E-state index in [1.165, 1.54) is 19.3 Å². The number of amides is 1. The van der Waals surface area contributed by atoms with Crippen LogP contribution in [0, 0.1) is 5.92 Å². The molecule has 2 rings (SSSR count). The average molecular weight is 339 g/mol. The van der Waals surface area contributed by atoms with Crippen LogP contribution in [0.2, 0.25) is 5.02 Å². The lowest BCUT2D eigenvalue weighted by Gasteiger charge is -2.30. The minimum atomic E-state index is 0.109. The molecule has 2 atom stereocenters. The van der Waals surface area contributed by atoms with Crippen LogP contribution >= 0.6 is 11.6 Å². The fraction of sp³-hybridized carbons (Fsp3) is 0.611. The van der Waals surface area contributed by atoms with Crippen LogP contribution in [0.3, 0.4) is 0 Å². The molecule has 1 aliphatic carbocycles. The molecular weight excluding hydrogens is 312 g/mol. The lowest BCUT2D eigenvalue weighted by atomic mass is 9.86. The normalized spacial score (nSPS) is 21.2. The van der Waals surface area contributed by atoms with Gasteiger partial charge < -0.3 is 10.1 Å². The fourth-order valence-electron chi connectivity index (χ4n) is 2.96. The van der Waals surface area contributed by atoms with E-state index in [0.29, 0.717) is 36.7 Å². The molecule has 0 bridgehead atoms. The van der Waals surface area contributed by atoms with E-state index in [1.807, 2.05) is 24.1 Å². The lowest BCUT2D eigenvalue weighted by molar-refractivity contribution is -0.123. The van der Waals surface area contributed by atoms with E-state index in [0.717, 1.165) is 12.2 Å². The van der Waals surface area contributed by atoms with Crippen molar-refractivity contribution >= 4 is 17.5 Å². The summed E-state index contributed by atoms with van der Waals surface area (Å²) in [4.78, 5) is 14.1. The molecule has 0 radical (unpaired) electrons. The van der Waals surface area contributed by atoms with Crippen LogP contribution in [0.1, 0.15) is 32.6 Å². The topological polar surface area (TPSA) is 41.6 Å². The van der Waals surface area contributed by atoms with Crippen LogP contribution < -0.4 is 10.1 Å². The highest BCUT2D eigenvalue weighted by molar-refractivity contribution is 6.30. The molecule has 1 N–H and O–H groups in total. The Morgan fingerprint density at radius 2 is 2.00 bits per heavy atom. The largest absolute Gasteiger partial charge is 0.492 e. The van der Waals surface area contributed by atoms with E-state index in [2.05, 4.69) is 12.2 Å². The summed E-state index contributed by atoms with van der Waals surface area (Å²) in [6.45, 7) is 3.89. The summed E-state index contributed by atoms with van der Waals surface area (Å²) in [5.74, 6) is 1.49. The van der Waals surface area contributed by atoms with Gasteiger partial charge in [0.1, 0.15) is 12.4 Å². The Kier molecular flexibility index (Phi) is 7.18. The van der Waals surface area contributed by atoms with Gasteiger partial charge in [-0.2, -0.15) is 0 Å². The second-order valence-corrected chi connectivity index (χ2v) is 6.91. The molecular formula is C18H27ClN2O2. The van der Waals surface area contributed by atoms with Gasteiger partial charge in [0.2, 0.25) is 5.91 Å². The van der Waals surface area contributed by atoms with Crippen molar-refractivity contribution in [1.82, 2.24) is 10.2 Å². The maximum atomic E-state index is 12.1. The summed E-state index contributed by atoms with van der Waals surface area (Å²) in [6.07, 6.45) is 4.83. The molecule has 0 aromatic heterocycles. The predicted molar refractivity (Wildman–Crippen MR) is 94.0 cm³/mol. The minimum absolute atomic E-state index is 0.109. The lowest BCUT2D eigenvalue weighted by Crippen LogP contribution is -2.45. The van der Waals surface area contributed by atoms with Crippen LogP contribution in [-0.4, -0.2) is 43.6 Å². The first kappa shape index (κ1) is 18.1. The third-order valence-corrected chi connectivity index (χ3v) is 4.68. The first-order valence-corrected chi connectivity index (χ1v) is 8.78. The predicted octanol–water partition coefficient (Wildman–Crippen LogP) is 3.35. The van der Waals surface area contributed by atoms with Crippen molar-refractivity contribution in [2.45, 2.75) is 38.6 Å². The smallest absolute Gasteiger partial charge is 0.234 e. The van der Waals surface area contributed by atoms with Crippen LogP contribution in [0.25, 0.3) is 0 Å². The van der Waals surface area contributed by atoms with Gasteiger partial charge in [-0.05, 0) is 50.1 Å². The molecule has 4 nitrogen and oxygen atoms in total. The number of carbonyl (C=O) groups is 1. The van der Waals surface area contributed by atoms with Gasteiger partial charge in [0, 0.05) is 17.6 Å². The van der Waals surface area contributed by atoms with Crippen molar-refractivity contribution in [2.75, 3.05) is 26.7 Å². The minimum Gasteiger partial charge on any atom is -0.492 e. The van der Waals surface area contributed by atoms with Gasteiger partial charge >= 0.3 is 0 Å². The molecule has 1 fully saturated rings. The van der Waals surface area contributed by atoms with Crippen LogP contribution in [0.4, 0.5) is 0 Å². The van der Waals surface area contributed by atoms with Crippen molar-refractivity contribution in [3.05, 3.63) is 29.3 Å². The number of nitrogens with one attached hydrogen (secondary N) is 1. The number of hydrogen-bond donors (Lipinski definition) is 1. The Hall–Kier alpha value is -1.26. The van der Waals surface area contributed by atoms with Gasteiger partial charge in [-0.1, -0.05) is 31.4 Å². The molecule has 23 heavy (non-hydrogen) atoms. The van der Waals surface area contributed by atoms with E-state index in [9.17, 15) is 4.79 Å². The van der Waals surface area contributed by atoms with E-state index in [1.54, 1.807) is 12.1 Å². The van der Waals surface area contributed by atoms with E-state index in [4.69, 9.17) is 16.3 Å². The fourth-order valence-corrected chi connectivity index (χ4v) is 3.08. The maximum Gasteiger partial charge on any atom is 0.234 e. The van der Waals surface area contributed by atoms with Crippen molar-refractivity contribution in [1.29, 1.82) is 0 Å². The molecule has 0 spiro atoms. The zero-order valence-electron chi connectivity index (χ0n) is 14.1. The Balaban J connectivity index is 1.64. The number of benzene rings is 1. The highest BCUT2D eigenvalue weighted by Crippen LogP contribution is 2.23. The zero-order chi connectivity index (χ0) is 16.7. The van der Waals surface area contributed by atoms with Gasteiger partial charge in [0.15, 0.2) is 0 Å². The standard InChI is InChI=1S/C18H27ClN2O2/c1-14-5-3-4-6-17(14)20-18(22)13-21(2)11-12-23-16-9-7-15(19)8-10-16/h7-10,14,17H,3-6,11-13H2,1-2H3,(H,20,22)/t14-,17-/m1/s1. The van der Waals surface area contributed by atoms with Crippen LogP contribution in [0.5, 0.6) is 5.75 Å². The number of likely N-dealkylation sites (N-methyl/N-ethyl adjacent to an activating group) is 1. The van der Waals surface area contributed by atoms with Crippen LogP contribution in [0.15, 0.2) is 24.3 Å². The molecule has 0 heterocycles. The third kappa shape index (κ3) is 6.40. The third-order valence-electron chi connectivity index (χ3n) is 4.43. The summed E-state index contributed by atoms with van der Waals surface area (Å²) in [7, 11) is 1.94. The Morgan fingerprint density at radius 1 is 1.30 bits per heavy atom. The number of rotatable bonds is 7. The Morgan fingerprint density at radius 3 is 2.70 bits per heavy atom. The quantitative estimate of drug-likeness (QED) is 0.829. The molecule has 0 saturated heterocycles. The maximum absolute atomic E-state index is 12.1. The number of ether oxygens (including phenoxy) is 1. The molecule has 0 unspecified atom stereocenters. The molecule has 0 aliphatic heterocycles. The molecule has 1 aromatic rings. The molecule has 1 aliphatic rings. The highest BCUT2D eigenvalue weighted by atomic mass is 35.5. The van der Waals surface area contributed by atoms with Crippen molar-refractivity contribution in [3.8, 4) is 5.75 Å². The average Bonchev–Trinajstić information content (AvgIpc) is 2.51. The number of halogens is 1. The first-order chi connectivity index (χ1) is 11.0. The number of nitrogens with zero attached hydrogens (tertiary/aromatic N) is 1. The van der Waals surface area contributed by atoms with Crippen molar-refractivity contribution < 1.29 is 9.53 Å². The Bertz CT molecular complexity index is 492. The highest BCUT2D eigenvalue weighted by Gasteiger charge is 2.22. The summed E-state index contributed by atoms with van der Waals surface area (Å²) < 4.78 is 5.65. The number of carbonyl (C=O) groups excluding carboxylic acids is 1. The monoisotopic (exact) mass is 338 g/mol. The summed E-state index contributed by atoms with van der Waals surface area (Å²) in [5, 5.41) is 3.88. The summed E-state index contributed by atoms with van der Waals surface area (Å²) >= 11 is 5.84. The SMILES string of the molecule is C[C@@H]1CCCC[C@H]1NC(=O)CN(C)CCOc1ccc(Cl)cc1. The van der Waals surface area contributed by atoms with Crippen molar-refractivity contribution in [3.63, 3.8) is 0 Å². The second-order valence-electron chi connectivity index (χ2n) is 6.48. The Labute approximate surface area is 144 Å². The van der Waals surface area contributed by atoms with Gasteiger partial charge in [-0.25, -0.2) is 0 Å². The van der Waals surface area contributed by atoms with E-state index >= 15 is 0 Å². The van der Waals surface area contributed by atoms with Gasteiger partial charge in [0.25, 0.3) is 0 Å². The zero-order valence-corrected chi connectivity index (χ0v) is 14.8. The van der Waals surface area contributed by atoms with Crippen LogP contribution in [-0.2, 0) is 4.79 Å². The second kappa shape index (κ2) is 9.14. The molecule has 1 saturated carbocycles. The summed E-state index contributed by atoms with van der Waals surface area (Å²) in [5.41, 5.74) is 0. The van der Waals surface area contributed by atoms with Gasteiger partial charge in [-0.15, -0.1) is 0 Å². The molecule has 1 amide bonds. The first-order valence-electron chi connectivity index (χ1n) is 8.41. The summed E-state index contributed by atoms with van der Waals surface area (Å²) in [6, 6.07) is 7.65. The molecule has 5 heteroatoms. The number of hydrogen-bond acceptors (Lipinski definition) is 3. The molecule has 1 aromatic carbocycles. The van der Waals surface area contributed by atoms with E-state index in [-0.39, 0.29) is 5.91 Å². The molecule has 128 valence electrons. The van der Waals surface area contributed by atoms with Crippen molar-refractivity contribution in [2.24, 2.45) is 5.92 Å². The van der Waals surface area contributed by atoms with Gasteiger partial charge in [0.05, 0.1) is 6.54 Å². The van der Waals surface area contributed by atoms with E-state index < -0.39 is 0 Å². The van der Waals surface area contributed by atoms with Gasteiger partial charge in [-0.3, -0.25) is 9.69 Å².